The molecule has 0 fully saturated rings. The predicted octanol–water partition coefficient (Wildman–Crippen LogP) is 6.19. The zero-order chi connectivity index (χ0) is 17.1. The first-order valence-electron chi connectivity index (χ1n) is 8.77. The van der Waals surface area contributed by atoms with Gasteiger partial charge in [0.2, 0.25) is 0 Å². The first-order valence-corrected chi connectivity index (χ1v) is 8.77. The van der Waals surface area contributed by atoms with E-state index in [1.165, 1.54) is 32.3 Å². The Morgan fingerprint density at radius 1 is 0.538 bits per heavy atom. The third-order valence-corrected chi connectivity index (χ3v) is 5.21. The van der Waals surface area contributed by atoms with Gasteiger partial charge < -0.3 is 0 Å². The molecule has 26 heavy (non-hydrogen) atoms. The Morgan fingerprint density at radius 2 is 1.15 bits per heavy atom. The fourth-order valence-corrected chi connectivity index (χ4v) is 4.00. The molecule has 1 heterocycles. The Balaban J connectivity index is 1.68. The van der Waals surface area contributed by atoms with Crippen LogP contribution in [0.15, 0.2) is 85.1 Å². The van der Waals surface area contributed by atoms with Gasteiger partial charge in [-0.1, -0.05) is 54.6 Å². The maximum atomic E-state index is 4.82. The van der Waals surface area contributed by atoms with Gasteiger partial charge in [0.1, 0.15) is 0 Å². The summed E-state index contributed by atoms with van der Waals surface area (Å²) in [7, 11) is 0. The van der Waals surface area contributed by atoms with Crippen LogP contribution >= 0.6 is 0 Å². The van der Waals surface area contributed by atoms with Crippen LogP contribution in [0.1, 0.15) is 0 Å². The van der Waals surface area contributed by atoms with Crippen molar-refractivity contribution in [3.05, 3.63) is 85.1 Å². The maximum absolute atomic E-state index is 4.82. The highest BCUT2D eigenvalue weighted by Gasteiger charge is 2.11. The second kappa shape index (κ2) is 4.99. The molecule has 6 rings (SSSR count). The summed E-state index contributed by atoms with van der Waals surface area (Å²) < 4.78 is 0. The predicted molar refractivity (Wildman–Crippen MR) is 109 cm³/mol. The molecular weight excluding hydrogens is 316 g/mol. The molecular formula is C24H14N2. The summed E-state index contributed by atoms with van der Waals surface area (Å²) in [4.78, 5) is 9.39. The van der Waals surface area contributed by atoms with Gasteiger partial charge in [-0.3, -0.25) is 4.98 Å². The van der Waals surface area contributed by atoms with E-state index in [1.807, 2.05) is 30.5 Å². The average molecular weight is 330 g/mol. The summed E-state index contributed by atoms with van der Waals surface area (Å²) in [5.41, 5.74) is 3.87. The zero-order valence-electron chi connectivity index (χ0n) is 14.0. The largest absolute Gasteiger partial charge is 0.252 e. The average Bonchev–Trinajstić information content (AvgIpc) is 2.71. The standard InChI is InChI=1S/C24H14N2/c1-2-7-21-20(6-1)25-14-22(26-21)19-12-17-10-8-15-4-3-5-16-9-11-18(13-19)24(17)23(15)16/h1-14H. The first-order chi connectivity index (χ1) is 12.9. The van der Waals surface area contributed by atoms with Crippen molar-refractivity contribution in [1.82, 2.24) is 9.97 Å². The normalized spacial score (nSPS) is 11.8. The topological polar surface area (TPSA) is 25.8 Å². The van der Waals surface area contributed by atoms with Crippen LogP contribution in [0, 0.1) is 0 Å². The Morgan fingerprint density at radius 3 is 1.88 bits per heavy atom. The number of benzene rings is 5. The minimum absolute atomic E-state index is 0.911. The molecule has 0 aliphatic rings. The van der Waals surface area contributed by atoms with Crippen LogP contribution in [-0.4, -0.2) is 9.97 Å². The molecule has 1 aromatic heterocycles. The van der Waals surface area contributed by atoms with Gasteiger partial charge in [0.15, 0.2) is 0 Å². The summed E-state index contributed by atoms with van der Waals surface area (Å²) in [5, 5.41) is 7.75. The monoisotopic (exact) mass is 330 g/mol. The third-order valence-electron chi connectivity index (χ3n) is 5.21. The molecule has 2 nitrogen and oxygen atoms in total. The van der Waals surface area contributed by atoms with Gasteiger partial charge in [0.25, 0.3) is 0 Å². The van der Waals surface area contributed by atoms with E-state index in [9.17, 15) is 0 Å². The van der Waals surface area contributed by atoms with E-state index in [-0.39, 0.29) is 0 Å². The Bertz CT molecular complexity index is 1370. The van der Waals surface area contributed by atoms with E-state index < -0.39 is 0 Å². The zero-order valence-corrected chi connectivity index (χ0v) is 14.0. The summed E-state index contributed by atoms with van der Waals surface area (Å²) in [5.74, 6) is 0. The molecule has 0 amide bonds. The molecule has 0 bridgehead atoms. The lowest BCUT2D eigenvalue weighted by Crippen LogP contribution is -1.90. The van der Waals surface area contributed by atoms with Crippen molar-refractivity contribution in [3.63, 3.8) is 0 Å². The van der Waals surface area contributed by atoms with Crippen LogP contribution in [0.4, 0.5) is 0 Å². The van der Waals surface area contributed by atoms with Crippen LogP contribution in [0.3, 0.4) is 0 Å². The second-order valence-electron chi connectivity index (χ2n) is 6.75. The minimum atomic E-state index is 0.911. The molecule has 0 saturated heterocycles. The maximum Gasteiger partial charge on any atom is 0.0894 e. The number of aromatic nitrogens is 2. The molecule has 120 valence electrons. The highest BCUT2D eigenvalue weighted by molar-refractivity contribution is 6.23. The van der Waals surface area contributed by atoms with Crippen LogP contribution in [0.25, 0.3) is 54.6 Å². The molecule has 2 heteroatoms. The smallest absolute Gasteiger partial charge is 0.0894 e. The SMILES string of the molecule is c1cc2ccc3cc(-c4cnc5ccccc5n4)cc4ccc(c1)c2c34. The first kappa shape index (κ1) is 13.7. The summed E-state index contributed by atoms with van der Waals surface area (Å²) in [6.07, 6.45) is 1.87. The van der Waals surface area contributed by atoms with Gasteiger partial charge in [-0.25, -0.2) is 4.98 Å². The number of para-hydroxylation sites is 2. The molecule has 5 aromatic carbocycles. The van der Waals surface area contributed by atoms with Crippen molar-refractivity contribution in [2.24, 2.45) is 0 Å². The van der Waals surface area contributed by atoms with Crippen molar-refractivity contribution in [3.8, 4) is 11.3 Å². The Kier molecular flexibility index (Phi) is 2.64. The lowest BCUT2D eigenvalue weighted by atomic mass is 9.92. The molecule has 0 N–H and O–H groups in total. The second-order valence-corrected chi connectivity index (χ2v) is 6.75. The van der Waals surface area contributed by atoms with E-state index in [4.69, 9.17) is 4.98 Å². The molecule has 0 unspecified atom stereocenters. The number of fused-ring (bicyclic) bond motifs is 1. The van der Waals surface area contributed by atoms with Crippen LogP contribution in [0.2, 0.25) is 0 Å². The lowest BCUT2D eigenvalue weighted by molar-refractivity contribution is 1.30. The van der Waals surface area contributed by atoms with E-state index >= 15 is 0 Å². The molecule has 0 saturated carbocycles. The van der Waals surface area contributed by atoms with Crippen molar-refractivity contribution in [2.75, 3.05) is 0 Å². The summed E-state index contributed by atoms with van der Waals surface area (Å²) >= 11 is 0. The summed E-state index contributed by atoms with van der Waals surface area (Å²) in [6, 6.07) is 27.8. The Hall–Kier alpha value is -3.52. The van der Waals surface area contributed by atoms with Crippen molar-refractivity contribution < 1.29 is 0 Å². The Labute approximate surface area is 150 Å². The molecule has 6 aromatic rings. The molecule has 0 aliphatic carbocycles. The summed E-state index contributed by atoms with van der Waals surface area (Å²) in [6.45, 7) is 0. The van der Waals surface area contributed by atoms with Crippen molar-refractivity contribution in [1.29, 1.82) is 0 Å². The lowest BCUT2D eigenvalue weighted by Gasteiger charge is -2.12. The van der Waals surface area contributed by atoms with Gasteiger partial charge in [0.05, 0.1) is 22.9 Å². The van der Waals surface area contributed by atoms with Gasteiger partial charge in [0, 0.05) is 5.56 Å². The minimum Gasteiger partial charge on any atom is -0.252 e. The molecule has 0 atom stereocenters. The van der Waals surface area contributed by atoms with Crippen molar-refractivity contribution >= 4 is 43.4 Å². The van der Waals surface area contributed by atoms with E-state index in [0.29, 0.717) is 0 Å². The number of nitrogens with zero attached hydrogens (tertiary/aromatic N) is 2. The fourth-order valence-electron chi connectivity index (χ4n) is 4.00. The van der Waals surface area contributed by atoms with Gasteiger partial charge in [-0.05, 0) is 56.6 Å². The third kappa shape index (κ3) is 1.87. The van der Waals surface area contributed by atoms with Crippen LogP contribution in [-0.2, 0) is 0 Å². The van der Waals surface area contributed by atoms with Gasteiger partial charge >= 0.3 is 0 Å². The number of rotatable bonds is 1. The highest BCUT2D eigenvalue weighted by atomic mass is 14.8. The highest BCUT2D eigenvalue weighted by Crippen LogP contribution is 2.36. The fraction of sp³-hybridized carbons (Fsp3) is 0. The molecule has 0 radical (unpaired) electrons. The van der Waals surface area contributed by atoms with E-state index in [1.54, 1.807) is 0 Å². The van der Waals surface area contributed by atoms with Crippen LogP contribution in [0.5, 0.6) is 0 Å². The number of hydrogen-bond donors (Lipinski definition) is 0. The van der Waals surface area contributed by atoms with Crippen LogP contribution < -0.4 is 0 Å². The molecule has 0 aliphatic heterocycles. The van der Waals surface area contributed by atoms with E-state index in [2.05, 4.69) is 59.6 Å². The quantitative estimate of drug-likeness (QED) is 0.336. The van der Waals surface area contributed by atoms with Crippen molar-refractivity contribution in [2.45, 2.75) is 0 Å². The van der Waals surface area contributed by atoms with Gasteiger partial charge in [-0.2, -0.15) is 0 Å². The van der Waals surface area contributed by atoms with Gasteiger partial charge in [-0.15, -0.1) is 0 Å². The number of hydrogen-bond acceptors (Lipinski definition) is 2. The van der Waals surface area contributed by atoms with E-state index in [0.717, 1.165) is 22.3 Å². The molecule has 0 spiro atoms.